The second-order valence-corrected chi connectivity index (χ2v) is 7.25. The van der Waals surface area contributed by atoms with Gasteiger partial charge < -0.3 is 14.4 Å². The molecule has 3 aliphatic rings. The molecule has 0 amide bonds. The molecule has 1 aliphatic carbocycles. The fraction of sp³-hybridized carbons (Fsp3) is 0.722. The van der Waals surface area contributed by atoms with Crippen LogP contribution in [0, 0.1) is 11.3 Å². The number of fused-ring (bicyclic) bond motifs is 1. The number of hydrogen-bond donors (Lipinski definition) is 0. The zero-order valence-corrected chi connectivity index (χ0v) is 13.2. The van der Waals surface area contributed by atoms with Crippen LogP contribution in [-0.4, -0.2) is 48.8 Å². The summed E-state index contributed by atoms with van der Waals surface area (Å²) in [7, 11) is 0. The van der Waals surface area contributed by atoms with E-state index in [4.69, 9.17) is 9.47 Å². The quantitative estimate of drug-likeness (QED) is 0.837. The second kappa shape index (κ2) is 6.17. The monoisotopic (exact) mass is 302 g/mol. The molecule has 3 fully saturated rings. The lowest BCUT2D eigenvalue weighted by atomic mass is 9.73. The van der Waals surface area contributed by atoms with E-state index in [1.807, 2.05) is 18.2 Å². The highest BCUT2D eigenvalue weighted by molar-refractivity contribution is 5.10. The summed E-state index contributed by atoms with van der Waals surface area (Å²) < 4.78 is 12.2. The number of aromatic nitrogens is 1. The lowest BCUT2D eigenvalue weighted by Gasteiger charge is -2.50. The van der Waals surface area contributed by atoms with E-state index in [0.717, 1.165) is 44.4 Å². The van der Waals surface area contributed by atoms with Gasteiger partial charge in [0.25, 0.3) is 0 Å². The van der Waals surface area contributed by atoms with Crippen LogP contribution >= 0.6 is 0 Å². The summed E-state index contributed by atoms with van der Waals surface area (Å²) in [4.78, 5) is 6.96. The van der Waals surface area contributed by atoms with Crippen molar-refractivity contribution in [2.45, 2.75) is 38.2 Å². The van der Waals surface area contributed by atoms with Crippen molar-refractivity contribution in [1.82, 2.24) is 9.88 Å². The Morgan fingerprint density at radius 1 is 1.32 bits per heavy atom. The van der Waals surface area contributed by atoms with Crippen molar-refractivity contribution >= 4 is 0 Å². The standard InChI is InChI=1S/C18H26N2O2/c1-2-9-19-17(4-1)22-14-18-8-3-11-21-16(18)7-10-20(13-18)12-15-5-6-15/h1-2,4,9,15-16H,3,5-8,10-14H2. The lowest BCUT2D eigenvalue weighted by molar-refractivity contribution is -0.140. The predicted octanol–water partition coefficient (Wildman–Crippen LogP) is 2.74. The number of hydrogen-bond acceptors (Lipinski definition) is 4. The average Bonchev–Trinajstić information content (AvgIpc) is 3.38. The van der Waals surface area contributed by atoms with E-state index >= 15 is 0 Å². The lowest BCUT2D eigenvalue weighted by Crippen LogP contribution is -2.57. The van der Waals surface area contributed by atoms with Gasteiger partial charge in [-0.1, -0.05) is 6.07 Å². The van der Waals surface area contributed by atoms with Crippen LogP contribution in [0.4, 0.5) is 0 Å². The Morgan fingerprint density at radius 3 is 3.09 bits per heavy atom. The number of likely N-dealkylation sites (tertiary alicyclic amines) is 1. The Labute approximate surface area is 132 Å². The highest BCUT2D eigenvalue weighted by atomic mass is 16.5. The second-order valence-electron chi connectivity index (χ2n) is 7.25. The van der Waals surface area contributed by atoms with Gasteiger partial charge in [-0.2, -0.15) is 0 Å². The van der Waals surface area contributed by atoms with Gasteiger partial charge in [0.1, 0.15) is 0 Å². The summed E-state index contributed by atoms with van der Waals surface area (Å²) in [5, 5.41) is 0. The first-order chi connectivity index (χ1) is 10.8. The topological polar surface area (TPSA) is 34.6 Å². The van der Waals surface area contributed by atoms with Gasteiger partial charge in [-0.25, -0.2) is 4.98 Å². The summed E-state index contributed by atoms with van der Waals surface area (Å²) in [6.07, 6.45) is 8.52. The van der Waals surface area contributed by atoms with Crippen molar-refractivity contribution < 1.29 is 9.47 Å². The van der Waals surface area contributed by atoms with Crippen LogP contribution in [0.5, 0.6) is 5.88 Å². The van der Waals surface area contributed by atoms with E-state index in [1.165, 1.54) is 32.4 Å². The summed E-state index contributed by atoms with van der Waals surface area (Å²) >= 11 is 0. The van der Waals surface area contributed by atoms with E-state index in [-0.39, 0.29) is 5.41 Å². The molecular formula is C18H26N2O2. The Kier molecular flexibility index (Phi) is 4.05. The zero-order valence-electron chi connectivity index (χ0n) is 13.2. The molecule has 2 atom stereocenters. The van der Waals surface area contributed by atoms with Gasteiger partial charge in [0.15, 0.2) is 0 Å². The molecule has 4 nitrogen and oxygen atoms in total. The minimum Gasteiger partial charge on any atom is -0.477 e. The molecule has 4 heteroatoms. The molecule has 4 rings (SSSR count). The van der Waals surface area contributed by atoms with Crippen LogP contribution in [0.2, 0.25) is 0 Å². The van der Waals surface area contributed by atoms with Crippen LogP contribution in [0.1, 0.15) is 32.1 Å². The Hall–Kier alpha value is -1.13. The van der Waals surface area contributed by atoms with Crippen LogP contribution < -0.4 is 4.74 Å². The van der Waals surface area contributed by atoms with Crippen molar-refractivity contribution in [3.8, 4) is 5.88 Å². The van der Waals surface area contributed by atoms with Gasteiger partial charge in [-0.05, 0) is 44.1 Å². The van der Waals surface area contributed by atoms with Crippen molar-refractivity contribution in [2.24, 2.45) is 11.3 Å². The number of pyridine rings is 1. The van der Waals surface area contributed by atoms with E-state index in [2.05, 4.69) is 9.88 Å². The minimum absolute atomic E-state index is 0.156. The third-order valence-electron chi connectivity index (χ3n) is 5.43. The molecule has 2 saturated heterocycles. The van der Waals surface area contributed by atoms with Gasteiger partial charge in [-0.15, -0.1) is 0 Å². The Balaban J connectivity index is 1.45. The van der Waals surface area contributed by atoms with E-state index in [9.17, 15) is 0 Å². The average molecular weight is 302 g/mol. The number of rotatable bonds is 5. The van der Waals surface area contributed by atoms with E-state index in [1.54, 1.807) is 6.20 Å². The van der Waals surface area contributed by atoms with Crippen LogP contribution in [0.3, 0.4) is 0 Å². The maximum Gasteiger partial charge on any atom is 0.213 e. The highest BCUT2D eigenvalue weighted by Gasteiger charge is 2.47. The molecule has 22 heavy (non-hydrogen) atoms. The van der Waals surface area contributed by atoms with Gasteiger partial charge in [0, 0.05) is 43.9 Å². The van der Waals surface area contributed by atoms with Gasteiger partial charge in [0.2, 0.25) is 5.88 Å². The maximum absolute atomic E-state index is 6.12. The van der Waals surface area contributed by atoms with Crippen molar-refractivity contribution in [1.29, 1.82) is 0 Å². The number of piperidine rings is 1. The first-order valence-corrected chi connectivity index (χ1v) is 8.72. The fourth-order valence-electron chi connectivity index (χ4n) is 4.06. The van der Waals surface area contributed by atoms with Gasteiger partial charge in [-0.3, -0.25) is 0 Å². The fourth-order valence-corrected chi connectivity index (χ4v) is 4.06. The molecule has 0 spiro atoms. The van der Waals surface area contributed by atoms with E-state index in [0.29, 0.717) is 6.10 Å². The minimum atomic E-state index is 0.156. The number of ether oxygens (including phenoxy) is 2. The van der Waals surface area contributed by atoms with Crippen molar-refractivity contribution in [3.05, 3.63) is 24.4 Å². The van der Waals surface area contributed by atoms with Crippen molar-refractivity contribution in [2.75, 3.05) is 32.8 Å². The summed E-state index contributed by atoms with van der Waals surface area (Å²) in [6.45, 7) is 5.24. The molecular weight excluding hydrogens is 276 g/mol. The number of nitrogens with zero attached hydrogens (tertiary/aromatic N) is 2. The maximum atomic E-state index is 6.12. The molecule has 120 valence electrons. The highest BCUT2D eigenvalue weighted by Crippen LogP contribution is 2.41. The molecule has 2 unspecified atom stereocenters. The molecule has 0 radical (unpaired) electrons. The molecule has 0 N–H and O–H groups in total. The van der Waals surface area contributed by atoms with Gasteiger partial charge >= 0.3 is 0 Å². The molecule has 1 aromatic rings. The first-order valence-electron chi connectivity index (χ1n) is 8.72. The Morgan fingerprint density at radius 2 is 2.27 bits per heavy atom. The third kappa shape index (κ3) is 3.13. The predicted molar refractivity (Wildman–Crippen MR) is 84.9 cm³/mol. The third-order valence-corrected chi connectivity index (χ3v) is 5.43. The SMILES string of the molecule is c1ccc(OCC23CCCOC2CCN(CC2CC2)C3)nc1. The van der Waals surface area contributed by atoms with E-state index < -0.39 is 0 Å². The molecule has 0 bridgehead atoms. The Bertz CT molecular complexity index is 491. The van der Waals surface area contributed by atoms with Crippen LogP contribution in [-0.2, 0) is 4.74 Å². The van der Waals surface area contributed by atoms with Crippen molar-refractivity contribution in [3.63, 3.8) is 0 Å². The van der Waals surface area contributed by atoms with Crippen LogP contribution in [0.25, 0.3) is 0 Å². The summed E-state index contributed by atoms with van der Waals surface area (Å²) in [5.41, 5.74) is 0.156. The van der Waals surface area contributed by atoms with Gasteiger partial charge in [0.05, 0.1) is 12.7 Å². The molecule has 3 heterocycles. The molecule has 1 aromatic heterocycles. The van der Waals surface area contributed by atoms with Crippen LogP contribution in [0.15, 0.2) is 24.4 Å². The molecule has 0 aromatic carbocycles. The zero-order chi connectivity index (χ0) is 14.8. The molecule has 2 aliphatic heterocycles. The largest absolute Gasteiger partial charge is 0.477 e. The summed E-state index contributed by atoms with van der Waals surface area (Å²) in [6, 6.07) is 5.85. The summed E-state index contributed by atoms with van der Waals surface area (Å²) in [5.74, 6) is 1.69. The molecule has 1 saturated carbocycles. The normalized spacial score (nSPS) is 32.5. The first kappa shape index (κ1) is 14.5. The smallest absolute Gasteiger partial charge is 0.213 e.